The minimum absolute atomic E-state index is 0.256. The number of nitrogens with zero attached hydrogens (tertiary/aromatic N) is 1. The highest BCUT2D eigenvalue weighted by molar-refractivity contribution is 6.30. The molecule has 126 valence electrons. The van der Waals surface area contributed by atoms with Crippen LogP contribution in [0, 0.1) is 11.7 Å². The lowest BCUT2D eigenvalue weighted by Crippen LogP contribution is -2.47. The van der Waals surface area contributed by atoms with E-state index in [0.29, 0.717) is 23.0 Å². The maximum Gasteiger partial charge on any atom is 0.135 e. The Balaban J connectivity index is 1.44. The molecule has 2 aliphatic rings. The summed E-state index contributed by atoms with van der Waals surface area (Å²) in [5.74, 6) is 1.79. The number of hydrogen-bond donors (Lipinski definition) is 1. The van der Waals surface area contributed by atoms with Gasteiger partial charge in [0.05, 0.1) is 0 Å². The second kappa shape index (κ2) is 5.70. The number of nitrogens with one attached hydrogen (secondary N) is 1. The van der Waals surface area contributed by atoms with Crippen LogP contribution in [0.2, 0.25) is 5.15 Å². The summed E-state index contributed by atoms with van der Waals surface area (Å²) in [5, 5.41) is 5.69. The van der Waals surface area contributed by atoms with Gasteiger partial charge < -0.3 is 5.32 Å². The van der Waals surface area contributed by atoms with E-state index in [2.05, 4.69) is 34.6 Å². The maximum absolute atomic E-state index is 13.5. The summed E-state index contributed by atoms with van der Waals surface area (Å²) in [7, 11) is 0. The summed E-state index contributed by atoms with van der Waals surface area (Å²) in [5.41, 5.74) is 3.02. The van der Waals surface area contributed by atoms with E-state index in [1.54, 1.807) is 12.1 Å². The van der Waals surface area contributed by atoms with Gasteiger partial charge in [-0.2, -0.15) is 0 Å². The quantitative estimate of drug-likeness (QED) is 0.611. The number of aryl methyl sites for hydroxylation is 1. The largest absolute Gasteiger partial charge is 0.366 e. The van der Waals surface area contributed by atoms with Crippen LogP contribution in [-0.2, 0) is 6.42 Å². The fraction of sp³-hybridized carbons (Fsp3) is 0.286. The van der Waals surface area contributed by atoms with Crippen LogP contribution >= 0.6 is 11.6 Å². The smallest absolute Gasteiger partial charge is 0.135 e. The van der Waals surface area contributed by atoms with Crippen molar-refractivity contribution in [2.24, 2.45) is 5.92 Å². The maximum atomic E-state index is 13.5. The van der Waals surface area contributed by atoms with E-state index in [9.17, 15) is 4.39 Å². The van der Waals surface area contributed by atoms with Gasteiger partial charge in [0.25, 0.3) is 0 Å². The van der Waals surface area contributed by atoms with Gasteiger partial charge >= 0.3 is 0 Å². The molecule has 1 fully saturated rings. The first-order valence-electron chi connectivity index (χ1n) is 8.79. The van der Waals surface area contributed by atoms with Crippen molar-refractivity contribution in [3.8, 4) is 0 Å². The first-order valence-corrected chi connectivity index (χ1v) is 9.17. The Morgan fingerprint density at radius 3 is 2.92 bits per heavy atom. The fourth-order valence-electron chi connectivity index (χ4n) is 4.56. The SMILES string of the molecule is Fc1ccc2c(NC3CC4c5ccccc5CCC34)nc(Cl)cc2c1. The average molecular weight is 353 g/mol. The van der Waals surface area contributed by atoms with Crippen molar-refractivity contribution >= 4 is 28.2 Å². The molecule has 25 heavy (non-hydrogen) atoms. The van der Waals surface area contributed by atoms with Gasteiger partial charge in [-0.3, -0.25) is 0 Å². The van der Waals surface area contributed by atoms with Gasteiger partial charge in [0.2, 0.25) is 0 Å². The third-order valence-corrected chi connectivity index (χ3v) is 6.02. The molecule has 0 aliphatic heterocycles. The molecule has 5 rings (SSSR count). The molecule has 0 spiro atoms. The van der Waals surface area contributed by atoms with Crippen molar-refractivity contribution in [3.05, 3.63) is 70.6 Å². The first-order chi connectivity index (χ1) is 12.2. The van der Waals surface area contributed by atoms with Crippen molar-refractivity contribution < 1.29 is 4.39 Å². The summed E-state index contributed by atoms with van der Waals surface area (Å²) in [6.07, 6.45) is 3.45. The molecule has 3 atom stereocenters. The monoisotopic (exact) mass is 352 g/mol. The van der Waals surface area contributed by atoms with Crippen LogP contribution < -0.4 is 5.32 Å². The minimum atomic E-state index is -0.256. The van der Waals surface area contributed by atoms with Crippen LogP contribution in [0.25, 0.3) is 10.8 Å². The number of benzene rings is 2. The van der Waals surface area contributed by atoms with Gasteiger partial charge in [-0.1, -0.05) is 35.9 Å². The Kier molecular flexibility index (Phi) is 3.46. The van der Waals surface area contributed by atoms with Crippen LogP contribution in [0.4, 0.5) is 10.2 Å². The Labute approximate surface area is 151 Å². The zero-order valence-corrected chi connectivity index (χ0v) is 14.4. The highest BCUT2D eigenvalue weighted by Crippen LogP contribution is 2.50. The van der Waals surface area contributed by atoms with Crippen LogP contribution in [0.1, 0.15) is 29.9 Å². The van der Waals surface area contributed by atoms with Crippen LogP contribution in [0.15, 0.2) is 48.5 Å². The Hall–Kier alpha value is -2.13. The van der Waals surface area contributed by atoms with E-state index < -0.39 is 0 Å². The van der Waals surface area contributed by atoms with Crippen LogP contribution in [-0.4, -0.2) is 11.0 Å². The van der Waals surface area contributed by atoms with E-state index in [0.717, 1.165) is 29.4 Å². The van der Waals surface area contributed by atoms with E-state index >= 15 is 0 Å². The Morgan fingerprint density at radius 2 is 2.00 bits per heavy atom. The zero-order valence-electron chi connectivity index (χ0n) is 13.7. The topological polar surface area (TPSA) is 24.9 Å². The van der Waals surface area contributed by atoms with Crippen molar-refractivity contribution in [2.75, 3.05) is 5.32 Å². The van der Waals surface area contributed by atoms with Crippen LogP contribution in [0.5, 0.6) is 0 Å². The molecule has 2 aliphatic carbocycles. The summed E-state index contributed by atoms with van der Waals surface area (Å²) in [6, 6.07) is 15.7. The zero-order chi connectivity index (χ0) is 17.0. The summed E-state index contributed by atoms with van der Waals surface area (Å²) >= 11 is 6.15. The predicted octanol–water partition coefficient (Wildman–Crippen LogP) is 5.56. The molecule has 3 unspecified atom stereocenters. The molecule has 1 aromatic heterocycles. The van der Waals surface area contributed by atoms with E-state index in [-0.39, 0.29) is 5.82 Å². The number of fused-ring (bicyclic) bond motifs is 4. The van der Waals surface area contributed by atoms with Crippen LogP contribution in [0.3, 0.4) is 0 Å². The molecule has 0 bridgehead atoms. The molecule has 1 N–H and O–H groups in total. The molecular formula is C21H18ClFN2. The lowest BCUT2D eigenvalue weighted by atomic mass is 9.60. The summed E-state index contributed by atoms with van der Waals surface area (Å²) in [6.45, 7) is 0. The summed E-state index contributed by atoms with van der Waals surface area (Å²) in [4.78, 5) is 4.47. The summed E-state index contributed by atoms with van der Waals surface area (Å²) < 4.78 is 13.5. The molecule has 2 nitrogen and oxygen atoms in total. The van der Waals surface area contributed by atoms with Crippen molar-refractivity contribution in [3.63, 3.8) is 0 Å². The molecule has 0 saturated heterocycles. The predicted molar refractivity (Wildman–Crippen MR) is 99.7 cm³/mol. The number of anilines is 1. The average Bonchev–Trinajstić information content (AvgIpc) is 2.58. The van der Waals surface area contributed by atoms with Crippen molar-refractivity contribution in [1.29, 1.82) is 0 Å². The third-order valence-electron chi connectivity index (χ3n) is 5.83. The number of pyridine rings is 1. The highest BCUT2D eigenvalue weighted by Gasteiger charge is 2.44. The molecule has 2 aromatic carbocycles. The van der Waals surface area contributed by atoms with E-state index in [4.69, 9.17) is 11.6 Å². The molecule has 0 amide bonds. The third kappa shape index (κ3) is 2.49. The standard InChI is InChI=1S/C21H18ClFN2/c22-20-10-13-9-14(23)6-8-16(13)21(25-20)24-19-11-18-15-4-2-1-3-12(15)5-7-17(18)19/h1-4,6,8-10,17-19H,5,7,11H2,(H,24,25). The molecule has 1 saturated carbocycles. The highest BCUT2D eigenvalue weighted by atomic mass is 35.5. The minimum Gasteiger partial charge on any atom is -0.366 e. The molecule has 1 heterocycles. The van der Waals surface area contributed by atoms with E-state index in [1.807, 2.05) is 0 Å². The first kappa shape index (κ1) is 15.2. The molecular weight excluding hydrogens is 335 g/mol. The van der Waals surface area contributed by atoms with Crippen molar-refractivity contribution in [1.82, 2.24) is 4.98 Å². The van der Waals surface area contributed by atoms with Crippen molar-refractivity contribution in [2.45, 2.75) is 31.2 Å². The second-order valence-corrected chi connectivity index (χ2v) is 7.54. The number of hydrogen-bond acceptors (Lipinski definition) is 2. The van der Waals surface area contributed by atoms with E-state index in [1.165, 1.54) is 29.7 Å². The number of aromatic nitrogens is 1. The van der Waals surface area contributed by atoms with Gasteiger partial charge in [0.1, 0.15) is 16.8 Å². The van der Waals surface area contributed by atoms with Gasteiger partial charge in [-0.15, -0.1) is 0 Å². The second-order valence-electron chi connectivity index (χ2n) is 7.15. The van der Waals surface area contributed by atoms with Gasteiger partial charge in [-0.25, -0.2) is 9.37 Å². The molecule has 3 aromatic rings. The molecule has 0 radical (unpaired) electrons. The number of rotatable bonds is 2. The molecule has 4 heteroatoms. The lowest BCUT2D eigenvalue weighted by Gasteiger charge is -2.49. The fourth-order valence-corrected chi connectivity index (χ4v) is 4.76. The van der Waals surface area contributed by atoms with Gasteiger partial charge in [0.15, 0.2) is 0 Å². The Bertz CT molecular complexity index is 966. The van der Waals surface area contributed by atoms with Gasteiger partial charge in [0, 0.05) is 11.4 Å². The number of halogens is 2. The lowest BCUT2D eigenvalue weighted by molar-refractivity contribution is 0.194. The Morgan fingerprint density at radius 1 is 1.12 bits per heavy atom. The van der Waals surface area contributed by atoms with Gasteiger partial charge in [-0.05, 0) is 71.9 Å². The normalized spacial score (nSPS) is 24.3.